The van der Waals surface area contributed by atoms with Gasteiger partial charge in [-0.1, -0.05) is 12.1 Å². The maximum absolute atomic E-state index is 12.1. The van der Waals surface area contributed by atoms with Crippen molar-refractivity contribution in [3.8, 4) is 17.2 Å². The number of nitrogens with one attached hydrogen (secondary N) is 1. The second kappa shape index (κ2) is 9.16. The van der Waals surface area contributed by atoms with Crippen LogP contribution >= 0.6 is 0 Å². The van der Waals surface area contributed by atoms with Crippen molar-refractivity contribution in [2.45, 2.75) is 6.42 Å². The third-order valence-corrected chi connectivity index (χ3v) is 4.74. The fourth-order valence-corrected chi connectivity index (χ4v) is 3.22. The van der Waals surface area contributed by atoms with Gasteiger partial charge in [-0.15, -0.1) is 0 Å². The van der Waals surface area contributed by atoms with Gasteiger partial charge in [0.05, 0.1) is 14.2 Å². The average molecular weight is 370 g/mol. The van der Waals surface area contributed by atoms with E-state index in [2.05, 4.69) is 22.3 Å². The van der Waals surface area contributed by atoms with Crippen LogP contribution in [0, 0.1) is 5.92 Å². The molecule has 1 aliphatic rings. The highest BCUT2D eigenvalue weighted by molar-refractivity contribution is 5.77. The van der Waals surface area contributed by atoms with E-state index in [4.69, 9.17) is 14.2 Å². The number of hydrogen-bond donors (Lipinski definition) is 1. The molecule has 0 spiro atoms. The Morgan fingerprint density at radius 1 is 1.07 bits per heavy atom. The van der Waals surface area contributed by atoms with Gasteiger partial charge in [0.1, 0.15) is 5.75 Å². The standard InChI is InChI=1S/C21H26N2O4/c1-25-18-9-7-17(8-10-18)23-12-11-16(14-23)13-22-21(24)15-27-20-6-4-3-5-19(20)26-2/h3-10,16H,11-15H2,1-2H3,(H,22,24). The van der Waals surface area contributed by atoms with E-state index >= 15 is 0 Å². The summed E-state index contributed by atoms with van der Waals surface area (Å²) in [4.78, 5) is 14.4. The molecule has 0 bridgehead atoms. The molecule has 0 saturated carbocycles. The fourth-order valence-electron chi connectivity index (χ4n) is 3.22. The summed E-state index contributed by atoms with van der Waals surface area (Å²) in [6, 6.07) is 15.4. The van der Waals surface area contributed by atoms with E-state index in [1.165, 1.54) is 5.69 Å². The van der Waals surface area contributed by atoms with Crippen LogP contribution in [-0.2, 0) is 4.79 Å². The monoisotopic (exact) mass is 370 g/mol. The van der Waals surface area contributed by atoms with Crippen molar-refractivity contribution in [3.05, 3.63) is 48.5 Å². The van der Waals surface area contributed by atoms with Crippen molar-refractivity contribution in [3.63, 3.8) is 0 Å². The summed E-state index contributed by atoms with van der Waals surface area (Å²) < 4.78 is 16.0. The topological polar surface area (TPSA) is 60.0 Å². The van der Waals surface area contributed by atoms with Crippen LogP contribution in [0.1, 0.15) is 6.42 Å². The van der Waals surface area contributed by atoms with Crippen molar-refractivity contribution < 1.29 is 19.0 Å². The van der Waals surface area contributed by atoms with Crippen LogP contribution in [0.25, 0.3) is 0 Å². The number of benzene rings is 2. The number of rotatable bonds is 8. The molecule has 1 fully saturated rings. The molecule has 0 aliphatic carbocycles. The van der Waals surface area contributed by atoms with Crippen molar-refractivity contribution in [2.24, 2.45) is 5.92 Å². The minimum atomic E-state index is -0.121. The summed E-state index contributed by atoms with van der Waals surface area (Å²) in [7, 11) is 3.25. The highest BCUT2D eigenvalue weighted by atomic mass is 16.5. The van der Waals surface area contributed by atoms with E-state index in [1.807, 2.05) is 24.3 Å². The highest BCUT2D eigenvalue weighted by Gasteiger charge is 2.23. The van der Waals surface area contributed by atoms with E-state index in [9.17, 15) is 4.79 Å². The average Bonchev–Trinajstić information content (AvgIpc) is 3.20. The zero-order valence-electron chi connectivity index (χ0n) is 15.8. The Bertz CT molecular complexity index is 748. The van der Waals surface area contributed by atoms with Crippen LogP contribution in [-0.4, -0.2) is 46.4 Å². The van der Waals surface area contributed by atoms with Gasteiger partial charge in [0, 0.05) is 25.3 Å². The molecule has 2 aromatic carbocycles. The normalized spacial score (nSPS) is 16.1. The molecule has 1 unspecified atom stereocenters. The lowest BCUT2D eigenvalue weighted by Gasteiger charge is -2.19. The van der Waals surface area contributed by atoms with Crippen LogP contribution in [0.15, 0.2) is 48.5 Å². The summed E-state index contributed by atoms with van der Waals surface area (Å²) in [5.41, 5.74) is 1.18. The number of ether oxygens (including phenoxy) is 3. The summed E-state index contributed by atoms with van der Waals surface area (Å²) in [5.74, 6) is 2.36. The van der Waals surface area contributed by atoms with E-state index < -0.39 is 0 Å². The van der Waals surface area contributed by atoms with Crippen LogP contribution in [0.4, 0.5) is 5.69 Å². The Kier molecular flexibility index (Phi) is 6.41. The largest absolute Gasteiger partial charge is 0.497 e. The predicted molar refractivity (Wildman–Crippen MR) is 105 cm³/mol. The first-order valence-corrected chi connectivity index (χ1v) is 9.11. The van der Waals surface area contributed by atoms with Crippen molar-refractivity contribution in [2.75, 3.05) is 45.4 Å². The van der Waals surface area contributed by atoms with Gasteiger partial charge in [0.15, 0.2) is 18.1 Å². The number of anilines is 1. The van der Waals surface area contributed by atoms with Gasteiger partial charge in [0.25, 0.3) is 5.91 Å². The number of methoxy groups -OCH3 is 2. The SMILES string of the molecule is COc1ccc(N2CCC(CNC(=O)COc3ccccc3OC)C2)cc1. The molecule has 1 aliphatic heterocycles. The highest BCUT2D eigenvalue weighted by Crippen LogP contribution is 2.26. The van der Waals surface area contributed by atoms with Gasteiger partial charge in [-0.05, 0) is 48.7 Å². The first-order chi connectivity index (χ1) is 13.2. The number of hydrogen-bond acceptors (Lipinski definition) is 5. The smallest absolute Gasteiger partial charge is 0.257 e. The molecule has 0 aromatic heterocycles. The molecule has 1 N–H and O–H groups in total. The van der Waals surface area contributed by atoms with Crippen molar-refractivity contribution in [1.29, 1.82) is 0 Å². The minimum absolute atomic E-state index is 0.0186. The number of carbonyl (C=O) groups is 1. The Morgan fingerprint density at radius 3 is 2.52 bits per heavy atom. The van der Waals surface area contributed by atoms with E-state index in [0.717, 1.165) is 25.3 Å². The minimum Gasteiger partial charge on any atom is -0.497 e. The van der Waals surface area contributed by atoms with Crippen LogP contribution in [0.5, 0.6) is 17.2 Å². The molecule has 1 amide bonds. The number of amides is 1. The molecule has 1 atom stereocenters. The Balaban J connectivity index is 1.41. The first kappa shape index (κ1) is 18.9. The molecule has 2 aromatic rings. The van der Waals surface area contributed by atoms with Crippen molar-refractivity contribution in [1.82, 2.24) is 5.32 Å². The lowest BCUT2D eigenvalue weighted by Crippen LogP contribution is -2.34. The zero-order chi connectivity index (χ0) is 19.1. The number of carbonyl (C=O) groups excluding carboxylic acids is 1. The first-order valence-electron chi connectivity index (χ1n) is 9.11. The summed E-state index contributed by atoms with van der Waals surface area (Å²) >= 11 is 0. The Morgan fingerprint density at radius 2 is 1.81 bits per heavy atom. The third-order valence-electron chi connectivity index (χ3n) is 4.74. The third kappa shape index (κ3) is 5.06. The van der Waals surface area contributed by atoms with Crippen molar-refractivity contribution >= 4 is 11.6 Å². The number of para-hydroxylation sites is 2. The van der Waals surface area contributed by atoms with Gasteiger partial charge in [-0.2, -0.15) is 0 Å². The molecule has 1 saturated heterocycles. The molecule has 0 radical (unpaired) electrons. The van der Waals surface area contributed by atoms with Gasteiger partial charge < -0.3 is 24.4 Å². The molecular weight excluding hydrogens is 344 g/mol. The molecule has 3 rings (SSSR count). The van der Waals surface area contributed by atoms with Gasteiger partial charge in [-0.3, -0.25) is 4.79 Å². The molecule has 27 heavy (non-hydrogen) atoms. The van der Waals surface area contributed by atoms with Crippen LogP contribution in [0.2, 0.25) is 0 Å². The molecule has 144 valence electrons. The molecule has 6 heteroatoms. The summed E-state index contributed by atoms with van der Waals surface area (Å²) in [6.45, 7) is 2.56. The Hall–Kier alpha value is -2.89. The number of nitrogens with zero attached hydrogens (tertiary/aromatic N) is 1. The van der Waals surface area contributed by atoms with E-state index in [-0.39, 0.29) is 12.5 Å². The lowest BCUT2D eigenvalue weighted by molar-refractivity contribution is -0.123. The van der Waals surface area contributed by atoms with Crippen LogP contribution < -0.4 is 24.4 Å². The van der Waals surface area contributed by atoms with Crippen LogP contribution in [0.3, 0.4) is 0 Å². The van der Waals surface area contributed by atoms with E-state index in [0.29, 0.717) is 24.0 Å². The molecule has 6 nitrogen and oxygen atoms in total. The van der Waals surface area contributed by atoms with Gasteiger partial charge in [-0.25, -0.2) is 0 Å². The van der Waals surface area contributed by atoms with Gasteiger partial charge in [0.2, 0.25) is 0 Å². The lowest BCUT2D eigenvalue weighted by atomic mass is 10.1. The fraction of sp³-hybridized carbons (Fsp3) is 0.381. The molecular formula is C21H26N2O4. The Labute approximate surface area is 160 Å². The second-order valence-electron chi connectivity index (χ2n) is 6.54. The van der Waals surface area contributed by atoms with E-state index in [1.54, 1.807) is 26.4 Å². The molecule has 1 heterocycles. The zero-order valence-corrected chi connectivity index (χ0v) is 15.8. The summed E-state index contributed by atoms with van der Waals surface area (Å²) in [5, 5.41) is 2.97. The maximum Gasteiger partial charge on any atom is 0.257 e. The van der Waals surface area contributed by atoms with Gasteiger partial charge >= 0.3 is 0 Å². The maximum atomic E-state index is 12.1. The summed E-state index contributed by atoms with van der Waals surface area (Å²) in [6.07, 6.45) is 1.06. The quantitative estimate of drug-likeness (QED) is 0.774. The second-order valence-corrected chi connectivity index (χ2v) is 6.54. The predicted octanol–water partition coefficient (Wildman–Crippen LogP) is 2.73.